The summed E-state index contributed by atoms with van der Waals surface area (Å²) in [6.07, 6.45) is 5.84. The molecule has 2 fully saturated rings. The van der Waals surface area contributed by atoms with E-state index in [0.717, 1.165) is 54.9 Å². The predicted molar refractivity (Wildman–Crippen MR) is 109 cm³/mol. The summed E-state index contributed by atoms with van der Waals surface area (Å²) in [6, 6.07) is 5.09. The molecule has 0 spiro atoms. The Bertz CT molecular complexity index is 829. The average Bonchev–Trinajstić information content (AvgIpc) is 3.04. The molecule has 0 aromatic carbocycles. The number of fused-ring (bicyclic) bond motifs is 1. The lowest BCUT2D eigenvalue weighted by molar-refractivity contribution is 0.00324. The minimum Gasteiger partial charge on any atom is -0.397 e. The van der Waals surface area contributed by atoms with Gasteiger partial charge in [-0.1, -0.05) is 6.42 Å². The molecule has 4 rings (SSSR count). The Labute approximate surface area is 164 Å². The number of aromatic nitrogens is 1. The number of thiophene rings is 1. The quantitative estimate of drug-likeness (QED) is 0.874. The van der Waals surface area contributed by atoms with Crippen LogP contribution in [0.2, 0.25) is 0 Å². The normalized spacial score (nSPS) is 22.2. The minimum atomic E-state index is -0.0569. The molecule has 146 valence electrons. The maximum Gasteiger partial charge on any atom is 0.265 e. The van der Waals surface area contributed by atoms with E-state index in [1.54, 1.807) is 19.0 Å². The van der Waals surface area contributed by atoms with E-state index in [1.807, 2.05) is 6.07 Å². The Balaban J connectivity index is 1.66. The van der Waals surface area contributed by atoms with E-state index in [-0.39, 0.29) is 5.91 Å². The van der Waals surface area contributed by atoms with Crippen LogP contribution in [0.3, 0.4) is 0 Å². The summed E-state index contributed by atoms with van der Waals surface area (Å²) >= 11 is 1.41. The highest BCUT2D eigenvalue weighted by molar-refractivity contribution is 7.21. The van der Waals surface area contributed by atoms with Gasteiger partial charge in [0.15, 0.2) is 0 Å². The molecule has 2 saturated heterocycles. The van der Waals surface area contributed by atoms with Crippen LogP contribution < -0.4 is 5.73 Å². The zero-order chi connectivity index (χ0) is 19.0. The third-order valence-electron chi connectivity index (χ3n) is 5.76. The molecule has 6 nitrogen and oxygen atoms in total. The number of pyridine rings is 1. The SMILES string of the molecule is CN(C)C(=O)c1sc2nc(C3CCCCN3C3CCOCC3)ccc2c1N. The van der Waals surface area contributed by atoms with Crippen molar-refractivity contribution < 1.29 is 9.53 Å². The van der Waals surface area contributed by atoms with Crippen molar-refractivity contribution in [3.63, 3.8) is 0 Å². The molecule has 1 atom stereocenters. The van der Waals surface area contributed by atoms with Crippen LogP contribution in [0.4, 0.5) is 5.69 Å². The van der Waals surface area contributed by atoms with Crippen molar-refractivity contribution in [2.75, 3.05) is 39.6 Å². The van der Waals surface area contributed by atoms with Gasteiger partial charge in [-0.25, -0.2) is 4.98 Å². The van der Waals surface area contributed by atoms with E-state index in [1.165, 1.54) is 24.2 Å². The number of likely N-dealkylation sites (tertiary alicyclic amines) is 1. The third kappa shape index (κ3) is 3.56. The molecule has 27 heavy (non-hydrogen) atoms. The second-order valence-corrected chi connectivity index (χ2v) is 8.73. The Morgan fingerprint density at radius 2 is 2.04 bits per heavy atom. The van der Waals surface area contributed by atoms with Crippen LogP contribution in [0, 0.1) is 0 Å². The van der Waals surface area contributed by atoms with Gasteiger partial charge in [0.05, 0.1) is 17.4 Å². The van der Waals surface area contributed by atoms with Gasteiger partial charge in [-0.2, -0.15) is 0 Å². The van der Waals surface area contributed by atoms with Gasteiger partial charge < -0.3 is 15.4 Å². The highest BCUT2D eigenvalue weighted by Gasteiger charge is 2.32. The first kappa shape index (κ1) is 18.7. The highest BCUT2D eigenvalue weighted by Crippen LogP contribution is 2.38. The van der Waals surface area contributed by atoms with Crippen molar-refractivity contribution in [1.29, 1.82) is 0 Å². The average molecular weight is 389 g/mol. The lowest BCUT2D eigenvalue weighted by atomic mass is 9.94. The summed E-state index contributed by atoms with van der Waals surface area (Å²) in [5.41, 5.74) is 7.91. The topological polar surface area (TPSA) is 71.7 Å². The summed E-state index contributed by atoms with van der Waals surface area (Å²) in [7, 11) is 3.50. The first-order valence-corrected chi connectivity index (χ1v) is 10.6. The molecule has 1 unspecified atom stereocenters. The summed E-state index contributed by atoms with van der Waals surface area (Å²) in [4.78, 5) is 23.0. The van der Waals surface area contributed by atoms with E-state index in [4.69, 9.17) is 15.5 Å². The van der Waals surface area contributed by atoms with Crippen molar-refractivity contribution in [2.45, 2.75) is 44.2 Å². The van der Waals surface area contributed by atoms with E-state index < -0.39 is 0 Å². The molecule has 1 amide bonds. The molecular formula is C20H28N4O2S. The number of anilines is 1. The van der Waals surface area contributed by atoms with Crippen molar-refractivity contribution >= 4 is 33.1 Å². The summed E-state index contributed by atoms with van der Waals surface area (Å²) < 4.78 is 5.56. The Morgan fingerprint density at radius 3 is 2.78 bits per heavy atom. The smallest absolute Gasteiger partial charge is 0.265 e. The van der Waals surface area contributed by atoms with Crippen LogP contribution >= 0.6 is 11.3 Å². The standard InChI is InChI=1S/C20H28N4O2S/c1-23(2)20(25)18-17(21)14-6-7-15(22-19(14)27-18)16-5-3-4-10-24(16)13-8-11-26-12-9-13/h6-7,13,16H,3-5,8-12,21H2,1-2H3. The van der Waals surface area contributed by atoms with Crippen LogP contribution in [-0.2, 0) is 4.74 Å². The van der Waals surface area contributed by atoms with E-state index in [9.17, 15) is 4.79 Å². The zero-order valence-electron chi connectivity index (χ0n) is 16.1. The van der Waals surface area contributed by atoms with Gasteiger partial charge in [0.1, 0.15) is 9.71 Å². The number of hydrogen-bond donors (Lipinski definition) is 1. The molecule has 2 N–H and O–H groups in total. The fourth-order valence-electron chi connectivity index (χ4n) is 4.28. The number of rotatable bonds is 3. The van der Waals surface area contributed by atoms with Crippen molar-refractivity contribution in [3.8, 4) is 0 Å². The number of nitrogens with two attached hydrogens (primary N) is 1. The first-order valence-electron chi connectivity index (χ1n) is 9.80. The number of carbonyl (C=O) groups is 1. The molecule has 4 heterocycles. The lowest BCUT2D eigenvalue weighted by Crippen LogP contribution is -2.44. The van der Waals surface area contributed by atoms with Crippen LogP contribution in [-0.4, -0.2) is 60.6 Å². The molecule has 2 aromatic heterocycles. The number of carbonyl (C=O) groups excluding carboxylic acids is 1. The van der Waals surface area contributed by atoms with Crippen LogP contribution in [0.25, 0.3) is 10.2 Å². The Morgan fingerprint density at radius 1 is 1.26 bits per heavy atom. The van der Waals surface area contributed by atoms with E-state index >= 15 is 0 Å². The third-order valence-corrected chi connectivity index (χ3v) is 6.86. The van der Waals surface area contributed by atoms with Crippen molar-refractivity contribution in [3.05, 3.63) is 22.7 Å². The molecule has 0 radical (unpaired) electrons. The van der Waals surface area contributed by atoms with Gasteiger partial charge in [-0.15, -0.1) is 11.3 Å². The fraction of sp³-hybridized carbons (Fsp3) is 0.600. The second-order valence-electron chi connectivity index (χ2n) is 7.73. The number of ether oxygens (including phenoxy) is 1. The molecule has 0 saturated carbocycles. The van der Waals surface area contributed by atoms with E-state index in [0.29, 0.717) is 22.6 Å². The van der Waals surface area contributed by atoms with Gasteiger partial charge in [-0.05, 0) is 44.4 Å². The van der Waals surface area contributed by atoms with Crippen LogP contribution in [0.15, 0.2) is 12.1 Å². The molecule has 7 heteroatoms. The number of piperidine rings is 1. The second kappa shape index (κ2) is 7.73. The number of amides is 1. The number of hydrogen-bond acceptors (Lipinski definition) is 6. The van der Waals surface area contributed by atoms with Gasteiger partial charge in [-0.3, -0.25) is 9.69 Å². The van der Waals surface area contributed by atoms with Crippen molar-refractivity contribution in [2.24, 2.45) is 0 Å². The summed E-state index contributed by atoms with van der Waals surface area (Å²) in [5.74, 6) is -0.0569. The van der Waals surface area contributed by atoms with Gasteiger partial charge in [0.2, 0.25) is 0 Å². The largest absolute Gasteiger partial charge is 0.397 e. The molecule has 0 aliphatic carbocycles. The van der Waals surface area contributed by atoms with Gasteiger partial charge in [0, 0.05) is 38.7 Å². The molecule has 2 aromatic rings. The highest BCUT2D eigenvalue weighted by atomic mass is 32.1. The lowest BCUT2D eigenvalue weighted by Gasteiger charge is -2.42. The maximum atomic E-state index is 12.4. The fourth-order valence-corrected chi connectivity index (χ4v) is 5.41. The zero-order valence-corrected chi connectivity index (χ0v) is 16.9. The summed E-state index contributed by atoms with van der Waals surface area (Å²) in [5, 5.41) is 0.891. The minimum absolute atomic E-state index is 0.0569. The first-order chi connectivity index (χ1) is 13.1. The van der Waals surface area contributed by atoms with Gasteiger partial charge in [0.25, 0.3) is 5.91 Å². The molecule has 0 bridgehead atoms. The van der Waals surface area contributed by atoms with Gasteiger partial charge >= 0.3 is 0 Å². The molecule has 2 aliphatic rings. The van der Waals surface area contributed by atoms with Crippen LogP contribution in [0.5, 0.6) is 0 Å². The maximum absolute atomic E-state index is 12.4. The Kier molecular flexibility index (Phi) is 5.34. The predicted octanol–water partition coefficient (Wildman–Crippen LogP) is 3.29. The van der Waals surface area contributed by atoms with Crippen molar-refractivity contribution in [1.82, 2.24) is 14.8 Å². The van der Waals surface area contributed by atoms with E-state index in [2.05, 4.69) is 11.0 Å². The Hall–Kier alpha value is -1.70. The number of nitrogens with zero attached hydrogens (tertiary/aromatic N) is 3. The number of nitrogen functional groups attached to an aromatic ring is 1. The molecular weight excluding hydrogens is 360 g/mol. The monoisotopic (exact) mass is 388 g/mol. The summed E-state index contributed by atoms with van der Waals surface area (Å²) in [6.45, 7) is 2.85. The molecule has 2 aliphatic heterocycles. The van der Waals surface area contributed by atoms with Crippen LogP contribution in [0.1, 0.15) is 53.5 Å².